The third-order valence-electron chi connectivity index (χ3n) is 5.40. The van der Waals surface area contributed by atoms with E-state index in [0.29, 0.717) is 11.7 Å². The van der Waals surface area contributed by atoms with Gasteiger partial charge >= 0.3 is 0 Å². The Labute approximate surface area is 131 Å². The number of nitrogens with zero attached hydrogens (tertiary/aromatic N) is 1. The van der Waals surface area contributed by atoms with E-state index >= 15 is 0 Å². The molecule has 1 aromatic carbocycles. The second-order valence-electron chi connectivity index (χ2n) is 6.83. The third kappa shape index (κ3) is 2.53. The zero-order valence-corrected chi connectivity index (χ0v) is 13.1. The van der Waals surface area contributed by atoms with Crippen LogP contribution >= 0.6 is 0 Å². The predicted molar refractivity (Wildman–Crippen MR) is 90.6 cm³/mol. The van der Waals surface area contributed by atoms with Gasteiger partial charge in [0.2, 0.25) is 0 Å². The van der Waals surface area contributed by atoms with E-state index in [1.807, 2.05) is 0 Å². The second-order valence-corrected chi connectivity index (χ2v) is 6.83. The largest absolute Gasteiger partial charge is 0.372 e. The summed E-state index contributed by atoms with van der Waals surface area (Å²) in [6.07, 6.45) is 9.69. The molecule has 2 aliphatic rings. The second kappa shape index (κ2) is 5.79. The lowest BCUT2D eigenvalue weighted by atomic mass is 9.83. The van der Waals surface area contributed by atoms with Crippen molar-refractivity contribution in [3.8, 4) is 0 Å². The lowest BCUT2D eigenvalue weighted by Gasteiger charge is -2.29. The van der Waals surface area contributed by atoms with Crippen LogP contribution in [-0.4, -0.2) is 23.9 Å². The van der Waals surface area contributed by atoms with Crippen LogP contribution in [0.4, 0.5) is 5.69 Å². The summed E-state index contributed by atoms with van der Waals surface area (Å²) in [6, 6.07) is 6.83. The summed E-state index contributed by atoms with van der Waals surface area (Å²) in [5.41, 5.74) is 4.01. The molecule has 4 rings (SSSR count). The number of rotatable bonds is 2. The van der Waals surface area contributed by atoms with Gasteiger partial charge in [0.25, 0.3) is 0 Å². The fourth-order valence-corrected chi connectivity index (χ4v) is 4.07. The normalized spacial score (nSPS) is 20.7. The molecule has 2 heterocycles. The van der Waals surface area contributed by atoms with Crippen LogP contribution in [0.2, 0.25) is 0 Å². The summed E-state index contributed by atoms with van der Waals surface area (Å²) >= 11 is 0. The van der Waals surface area contributed by atoms with E-state index in [2.05, 4.69) is 34.3 Å². The van der Waals surface area contributed by atoms with Gasteiger partial charge in [0.15, 0.2) is 0 Å². The van der Waals surface area contributed by atoms with Crippen molar-refractivity contribution in [2.24, 2.45) is 0 Å². The number of ketones is 1. The molecule has 0 unspecified atom stereocenters. The molecule has 0 amide bonds. The van der Waals surface area contributed by atoms with Gasteiger partial charge in [-0.15, -0.1) is 0 Å². The van der Waals surface area contributed by atoms with Crippen LogP contribution in [0.25, 0.3) is 10.9 Å². The molecule has 0 spiro atoms. The molecule has 0 atom stereocenters. The lowest BCUT2D eigenvalue weighted by molar-refractivity contribution is -0.120. The van der Waals surface area contributed by atoms with Gasteiger partial charge in [0, 0.05) is 48.7 Å². The maximum atomic E-state index is 11.5. The Morgan fingerprint density at radius 1 is 1.05 bits per heavy atom. The van der Waals surface area contributed by atoms with Gasteiger partial charge < -0.3 is 9.88 Å². The fraction of sp³-hybridized carbons (Fsp3) is 0.526. The Balaban J connectivity index is 1.65. The molecule has 2 fully saturated rings. The minimum Gasteiger partial charge on any atom is -0.372 e. The van der Waals surface area contributed by atoms with Crippen LogP contribution in [0.5, 0.6) is 0 Å². The molecule has 116 valence electrons. The number of H-pyrrole nitrogens is 1. The molecule has 1 N–H and O–H groups in total. The van der Waals surface area contributed by atoms with Crippen molar-refractivity contribution in [2.45, 2.75) is 50.9 Å². The molecule has 1 aliphatic carbocycles. The highest BCUT2D eigenvalue weighted by atomic mass is 16.1. The van der Waals surface area contributed by atoms with Gasteiger partial charge in [-0.25, -0.2) is 0 Å². The van der Waals surface area contributed by atoms with Crippen molar-refractivity contribution in [3.05, 3.63) is 30.0 Å². The maximum absolute atomic E-state index is 11.5. The van der Waals surface area contributed by atoms with E-state index in [-0.39, 0.29) is 0 Å². The molecular weight excluding hydrogens is 272 g/mol. The van der Waals surface area contributed by atoms with Crippen LogP contribution in [0.15, 0.2) is 24.4 Å². The SMILES string of the molecule is O=C1CCC(c2c[nH]c3ccc(N4CCCCC4)cc23)CC1. The number of aromatic nitrogens is 1. The first-order valence-electron chi connectivity index (χ1n) is 8.69. The van der Waals surface area contributed by atoms with Gasteiger partial charge in [-0.05, 0) is 61.8 Å². The molecule has 1 saturated carbocycles. The molecule has 0 radical (unpaired) electrons. The first-order valence-corrected chi connectivity index (χ1v) is 8.69. The number of Topliss-reactive ketones (excluding diaryl/α,β-unsaturated/α-hetero) is 1. The zero-order valence-electron chi connectivity index (χ0n) is 13.1. The average Bonchev–Trinajstić information content (AvgIpc) is 2.99. The Hall–Kier alpha value is -1.77. The first-order chi connectivity index (χ1) is 10.8. The maximum Gasteiger partial charge on any atom is 0.132 e. The van der Waals surface area contributed by atoms with Gasteiger partial charge in [0.1, 0.15) is 5.78 Å². The summed E-state index contributed by atoms with van der Waals surface area (Å²) in [5, 5.41) is 1.36. The summed E-state index contributed by atoms with van der Waals surface area (Å²) in [4.78, 5) is 17.4. The minimum atomic E-state index is 0.435. The van der Waals surface area contributed by atoms with Crippen molar-refractivity contribution in [2.75, 3.05) is 18.0 Å². The number of hydrogen-bond donors (Lipinski definition) is 1. The smallest absolute Gasteiger partial charge is 0.132 e. The Morgan fingerprint density at radius 2 is 1.82 bits per heavy atom. The molecule has 0 bridgehead atoms. The number of carbonyl (C=O) groups is 1. The van der Waals surface area contributed by atoms with E-state index in [9.17, 15) is 4.79 Å². The molecule has 2 aromatic rings. The van der Waals surface area contributed by atoms with Crippen LogP contribution in [-0.2, 0) is 4.79 Å². The molecule has 3 heteroatoms. The highest BCUT2D eigenvalue weighted by Gasteiger charge is 2.23. The van der Waals surface area contributed by atoms with Gasteiger partial charge in [0.05, 0.1) is 0 Å². The fourth-order valence-electron chi connectivity index (χ4n) is 4.07. The summed E-state index contributed by atoms with van der Waals surface area (Å²) in [7, 11) is 0. The molecule has 1 saturated heterocycles. The first kappa shape index (κ1) is 13.9. The van der Waals surface area contributed by atoms with Crippen molar-refractivity contribution in [1.29, 1.82) is 0 Å². The predicted octanol–water partition coefficient (Wildman–Crippen LogP) is 4.38. The highest BCUT2D eigenvalue weighted by molar-refractivity contribution is 5.88. The van der Waals surface area contributed by atoms with Gasteiger partial charge in [-0.2, -0.15) is 0 Å². The summed E-state index contributed by atoms with van der Waals surface area (Å²) in [5.74, 6) is 0.980. The van der Waals surface area contributed by atoms with Crippen molar-refractivity contribution >= 4 is 22.4 Å². The van der Waals surface area contributed by atoms with Crippen LogP contribution < -0.4 is 4.90 Å². The molecular formula is C19H24N2O. The Kier molecular flexibility index (Phi) is 3.65. The van der Waals surface area contributed by atoms with Crippen LogP contribution in [0.3, 0.4) is 0 Å². The number of fused-ring (bicyclic) bond motifs is 1. The van der Waals surface area contributed by atoms with E-state index in [1.165, 1.54) is 54.5 Å². The Morgan fingerprint density at radius 3 is 2.59 bits per heavy atom. The standard InChI is InChI=1S/C19H24N2O/c22-16-7-4-14(5-8-16)18-13-20-19-9-6-15(12-17(18)19)21-10-2-1-3-11-21/h6,9,12-14,20H,1-5,7-8,10-11H2. The average molecular weight is 296 g/mol. The van der Waals surface area contributed by atoms with Crippen LogP contribution in [0.1, 0.15) is 56.4 Å². The zero-order chi connectivity index (χ0) is 14.9. The topological polar surface area (TPSA) is 36.1 Å². The monoisotopic (exact) mass is 296 g/mol. The minimum absolute atomic E-state index is 0.435. The Bertz CT molecular complexity index is 672. The van der Waals surface area contributed by atoms with Crippen molar-refractivity contribution in [3.63, 3.8) is 0 Å². The molecule has 1 aromatic heterocycles. The van der Waals surface area contributed by atoms with Crippen molar-refractivity contribution in [1.82, 2.24) is 4.98 Å². The number of aromatic amines is 1. The number of nitrogens with one attached hydrogen (secondary N) is 1. The van der Waals surface area contributed by atoms with Crippen LogP contribution in [0, 0.1) is 0 Å². The number of piperidine rings is 1. The number of carbonyl (C=O) groups excluding carboxylic acids is 1. The van der Waals surface area contributed by atoms with E-state index in [1.54, 1.807) is 0 Å². The van der Waals surface area contributed by atoms with E-state index < -0.39 is 0 Å². The number of hydrogen-bond acceptors (Lipinski definition) is 2. The van der Waals surface area contributed by atoms with E-state index in [4.69, 9.17) is 0 Å². The lowest BCUT2D eigenvalue weighted by Crippen LogP contribution is -2.29. The molecule has 3 nitrogen and oxygen atoms in total. The summed E-state index contributed by atoms with van der Waals surface area (Å²) in [6.45, 7) is 2.37. The van der Waals surface area contributed by atoms with Gasteiger partial charge in [-0.1, -0.05) is 0 Å². The van der Waals surface area contributed by atoms with Crippen molar-refractivity contribution < 1.29 is 4.79 Å². The highest BCUT2D eigenvalue weighted by Crippen LogP contribution is 2.37. The van der Waals surface area contributed by atoms with Gasteiger partial charge in [-0.3, -0.25) is 4.79 Å². The van der Waals surface area contributed by atoms with E-state index in [0.717, 1.165) is 25.7 Å². The summed E-state index contributed by atoms with van der Waals surface area (Å²) < 4.78 is 0. The third-order valence-corrected chi connectivity index (χ3v) is 5.40. The number of benzene rings is 1. The quantitative estimate of drug-likeness (QED) is 0.892. The molecule has 22 heavy (non-hydrogen) atoms. The molecule has 1 aliphatic heterocycles. The number of anilines is 1.